The number of allylic oxidation sites excluding steroid dienone is 8. The van der Waals surface area contributed by atoms with Crippen molar-refractivity contribution in [2.75, 3.05) is 13.2 Å². The van der Waals surface area contributed by atoms with Crippen LogP contribution in [0.15, 0.2) is 48.6 Å². The molecule has 0 radical (unpaired) electrons. The molecule has 0 saturated heterocycles. The SMILES string of the molecule is CCCCCCCCC/C=C\C=C/CCCCCCCC(=O)OCC(COC(=O)CCCCCCCCCCCCCCC)OC(=O)CCCCCCC/C=C\C=C/CCCCCCCCC. The highest BCUT2D eigenvalue weighted by atomic mass is 16.6. The molecule has 390 valence electrons. The third-order valence-corrected chi connectivity index (χ3v) is 12.9. The number of esters is 3. The lowest BCUT2D eigenvalue weighted by atomic mass is 10.0. The van der Waals surface area contributed by atoms with Gasteiger partial charge in [0.15, 0.2) is 6.10 Å². The Labute approximate surface area is 416 Å². The van der Waals surface area contributed by atoms with E-state index in [1.807, 2.05) is 0 Å². The van der Waals surface area contributed by atoms with Crippen molar-refractivity contribution in [3.63, 3.8) is 0 Å². The third-order valence-electron chi connectivity index (χ3n) is 12.9. The van der Waals surface area contributed by atoms with Gasteiger partial charge in [0.05, 0.1) is 0 Å². The first-order valence-corrected chi connectivity index (χ1v) is 29.2. The van der Waals surface area contributed by atoms with Crippen LogP contribution in [-0.4, -0.2) is 37.2 Å². The summed E-state index contributed by atoms with van der Waals surface area (Å²) in [6.07, 6.45) is 68.1. The van der Waals surface area contributed by atoms with Crippen LogP contribution in [0.3, 0.4) is 0 Å². The van der Waals surface area contributed by atoms with E-state index in [-0.39, 0.29) is 31.1 Å². The van der Waals surface area contributed by atoms with Gasteiger partial charge in [-0.2, -0.15) is 0 Å². The highest BCUT2D eigenvalue weighted by molar-refractivity contribution is 5.71. The maximum atomic E-state index is 12.9. The molecular formula is C61H110O6. The van der Waals surface area contributed by atoms with Crippen molar-refractivity contribution in [2.24, 2.45) is 0 Å². The Morgan fingerprint density at radius 3 is 0.791 bits per heavy atom. The molecule has 6 nitrogen and oxygen atoms in total. The molecular weight excluding hydrogens is 829 g/mol. The van der Waals surface area contributed by atoms with Gasteiger partial charge in [-0.3, -0.25) is 14.4 Å². The van der Waals surface area contributed by atoms with Crippen LogP contribution in [0.4, 0.5) is 0 Å². The minimum atomic E-state index is -0.786. The third kappa shape index (κ3) is 54.2. The molecule has 0 heterocycles. The van der Waals surface area contributed by atoms with Crippen LogP contribution >= 0.6 is 0 Å². The van der Waals surface area contributed by atoms with Gasteiger partial charge < -0.3 is 14.2 Å². The highest BCUT2D eigenvalue weighted by Gasteiger charge is 2.19. The van der Waals surface area contributed by atoms with Crippen LogP contribution in [0.25, 0.3) is 0 Å². The summed E-state index contributed by atoms with van der Waals surface area (Å²) in [7, 11) is 0. The number of carbonyl (C=O) groups excluding carboxylic acids is 3. The number of ether oxygens (including phenoxy) is 3. The Morgan fingerprint density at radius 2 is 0.522 bits per heavy atom. The van der Waals surface area contributed by atoms with Gasteiger partial charge >= 0.3 is 17.9 Å². The summed E-state index contributed by atoms with van der Waals surface area (Å²) in [6, 6.07) is 0. The van der Waals surface area contributed by atoms with Gasteiger partial charge in [-0.05, 0) is 70.6 Å². The van der Waals surface area contributed by atoms with Crippen molar-refractivity contribution >= 4 is 17.9 Å². The van der Waals surface area contributed by atoms with Crippen molar-refractivity contribution in [3.05, 3.63) is 48.6 Å². The van der Waals surface area contributed by atoms with Crippen LogP contribution in [0.5, 0.6) is 0 Å². The van der Waals surface area contributed by atoms with Crippen molar-refractivity contribution < 1.29 is 28.6 Å². The zero-order chi connectivity index (χ0) is 48.6. The molecule has 67 heavy (non-hydrogen) atoms. The lowest BCUT2D eigenvalue weighted by molar-refractivity contribution is -0.167. The Bertz CT molecular complexity index is 1170. The van der Waals surface area contributed by atoms with Crippen molar-refractivity contribution in [3.8, 4) is 0 Å². The van der Waals surface area contributed by atoms with Gasteiger partial charge in [-0.1, -0.05) is 262 Å². The van der Waals surface area contributed by atoms with E-state index < -0.39 is 6.10 Å². The van der Waals surface area contributed by atoms with Gasteiger partial charge in [0.2, 0.25) is 0 Å². The minimum absolute atomic E-state index is 0.0818. The summed E-state index contributed by atoms with van der Waals surface area (Å²) in [5.41, 5.74) is 0. The lowest BCUT2D eigenvalue weighted by Gasteiger charge is -2.18. The fraction of sp³-hybridized carbons (Fsp3) is 0.820. The van der Waals surface area contributed by atoms with Crippen LogP contribution in [-0.2, 0) is 28.6 Å². The molecule has 0 aliphatic carbocycles. The topological polar surface area (TPSA) is 78.9 Å². The van der Waals surface area contributed by atoms with Gasteiger partial charge in [-0.25, -0.2) is 0 Å². The van der Waals surface area contributed by atoms with Gasteiger partial charge in [0.1, 0.15) is 13.2 Å². The molecule has 0 bridgehead atoms. The summed E-state index contributed by atoms with van der Waals surface area (Å²) in [5.74, 6) is -0.898. The predicted molar refractivity (Wildman–Crippen MR) is 289 cm³/mol. The number of carbonyl (C=O) groups is 3. The quantitative estimate of drug-likeness (QED) is 0.0262. The smallest absolute Gasteiger partial charge is 0.306 e. The first kappa shape index (κ1) is 64.4. The van der Waals surface area contributed by atoms with Crippen LogP contribution in [0, 0.1) is 0 Å². The maximum Gasteiger partial charge on any atom is 0.306 e. The van der Waals surface area contributed by atoms with Crippen molar-refractivity contribution in [2.45, 2.75) is 309 Å². The Morgan fingerprint density at radius 1 is 0.299 bits per heavy atom. The average Bonchev–Trinajstić information content (AvgIpc) is 3.33. The molecule has 0 aromatic rings. The van der Waals surface area contributed by atoms with Crippen LogP contribution in [0.1, 0.15) is 303 Å². The molecule has 6 heteroatoms. The summed E-state index contributed by atoms with van der Waals surface area (Å²) in [5, 5.41) is 0. The monoisotopic (exact) mass is 939 g/mol. The number of hydrogen-bond acceptors (Lipinski definition) is 6. The predicted octanol–water partition coefficient (Wildman–Crippen LogP) is 19.4. The van der Waals surface area contributed by atoms with E-state index >= 15 is 0 Å². The normalized spacial score (nSPS) is 12.3. The minimum Gasteiger partial charge on any atom is -0.462 e. The average molecular weight is 940 g/mol. The van der Waals surface area contributed by atoms with E-state index in [0.29, 0.717) is 19.3 Å². The summed E-state index contributed by atoms with van der Waals surface area (Å²) < 4.78 is 16.9. The highest BCUT2D eigenvalue weighted by Crippen LogP contribution is 2.16. The van der Waals surface area contributed by atoms with Crippen LogP contribution in [0.2, 0.25) is 0 Å². The number of hydrogen-bond donors (Lipinski definition) is 0. The fourth-order valence-electron chi connectivity index (χ4n) is 8.43. The molecule has 0 aromatic heterocycles. The van der Waals surface area contributed by atoms with E-state index in [9.17, 15) is 14.4 Å². The first-order valence-electron chi connectivity index (χ1n) is 29.2. The van der Waals surface area contributed by atoms with Gasteiger partial charge in [0.25, 0.3) is 0 Å². The molecule has 0 N–H and O–H groups in total. The van der Waals surface area contributed by atoms with E-state index in [0.717, 1.165) is 96.3 Å². The number of unbranched alkanes of at least 4 members (excludes halogenated alkanes) is 36. The zero-order valence-corrected chi connectivity index (χ0v) is 44.7. The Balaban J connectivity index is 4.40. The van der Waals surface area contributed by atoms with E-state index in [1.54, 1.807) is 0 Å². The molecule has 0 spiro atoms. The molecule has 0 amide bonds. The Kier molecular flexibility index (Phi) is 53.8. The second kappa shape index (κ2) is 56.0. The standard InChI is InChI=1S/C61H110O6/c1-4-7-10-13-16-19-22-25-27-29-31-33-36-39-42-45-48-51-54-60(63)66-57-58(56-65-59(62)53-50-47-44-41-38-35-24-21-18-15-12-9-6-3)67-61(64)55-52-49-46-43-40-37-34-32-30-28-26-23-20-17-14-11-8-5-2/h27-34,58H,4-26,35-57H2,1-3H3/b29-27-,30-28-,33-31-,34-32-. The fourth-order valence-corrected chi connectivity index (χ4v) is 8.43. The second-order valence-corrected chi connectivity index (χ2v) is 19.6. The molecule has 1 unspecified atom stereocenters. The summed E-state index contributed by atoms with van der Waals surface area (Å²) in [6.45, 7) is 6.63. The molecule has 0 fully saturated rings. The maximum absolute atomic E-state index is 12.9. The van der Waals surface area contributed by atoms with Crippen molar-refractivity contribution in [1.82, 2.24) is 0 Å². The first-order chi connectivity index (χ1) is 33.0. The molecule has 0 aromatic carbocycles. The summed E-state index contributed by atoms with van der Waals surface area (Å²) in [4.78, 5) is 38.1. The molecule has 0 rings (SSSR count). The molecule has 1 atom stereocenters. The molecule has 0 aliphatic rings. The van der Waals surface area contributed by atoms with E-state index in [2.05, 4.69) is 69.4 Å². The Hall–Kier alpha value is -2.63. The van der Waals surface area contributed by atoms with Gasteiger partial charge in [0, 0.05) is 19.3 Å². The second-order valence-electron chi connectivity index (χ2n) is 19.6. The van der Waals surface area contributed by atoms with Gasteiger partial charge in [-0.15, -0.1) is 0 Å². The van der Waals surface area contributed by atoms with E-state index in [4.69, 9.17) is 14.2 Å². The lowest BCUT2D eigenvalue weighted by Crippen LogP contribution is -2.30. The zero-order valence-electron chi connectivity index (χ0n) is 44.7. The molecule has 0 aliphatic heterocycles. The number of rotatable bonds is 53. The van der Waals surface area contributed by atoms with E-state index in [1.165, 1.54) is 167 Å². The van der Waals surface area contributed by atoms with Crippen LogP contribution < -0.4 is 0 Å². The van der Waals surface area contributed by atoms with Crippen molar-refractivity contribution in [1.29, 1.82) is 0 Å². The molecule has 0 saturated carbocycles. The summed E-state index contributed by atoms with van der Waals surface area (Å²) >= 11 is 0. The largest absolute Gasteiger partial charge is 0.462 e.